The van der Waals surface area contributed by atoms with Gasteiger partial charge in [0.25, 0.3) is 0 Å². The lowest BCUT2D eigenvalue weighted by atomic mass is 9.89. The third kappa shape index (κ3) is 6.48. The number of nitrogens with one attached hydrogen (secondary N) is 3. The molecule has 1 aliphatic rings. The second-order valence-corrected chi connectivity index (χ2v) is 7.30. The van der Waals surface area contributed by atoms with Crippen molar-refractivity contribution in [3.05, 3.63) is 52.5 Å². The predicted molar refractivity (Wildman–Crippen MR) is 107 cm³/mol. The van der Waals surface area contributed by atoms with Crippen LogP contribution in [0.4, 0.5) is 30.4 Å². The summed E-state index contributed by atoms with van der Waals surface area (Å²) in [5, 5.41) is 27.6. The maximum atomic E-state index is 12.6. The Hall–Kier alpha value is -2.56. The number of ether oxygens (including phenoxy) is 1. The van der Waals surface area contributed by atoms with Gasteiger partial charge in [0.05, 0.1) is 6.20 Å². The highest BCUT2D eigenvalue weighted by atomic mass is 19.4. The molecular formula is C20H24F3N4O3-. The quantitative estimate of drug-likeness (QED) is 0.551. The van der Waals surface area contributed by atoms with Crippen LogP contribution in [-0.2, 0) is 6.54 Å². The van der Waals surface area contributed by atoms with E-state index in [1.807, 2.05) is 0 Å². The fourth-order valence-electron chi connectivity index (χ4n) is 3.57. The van der Waals surface area contributed by atoms with Gasteiger partial charge in [0.2, 0.25) is 0 Å². The van der Waals surface area contributed by atoms with Crippen molar-refractivity contribution in [1.82, 2.24) is 4.98 Å². The van der Waals surface area contributed by atoms with Crippen LogP contribution in [0.3, 0.4) is 0 Å². The number of halogens is 3. The number of aromatic nitrogens is 1. The van der Waals surface area contributed by atoms with Gasteiger partial charge in [-0.3, -0.25) is 0 Å². The monoisotopic (exact) mass is 425 g/mol. The van der Waals surface area contributed by atoms with E-state index in [1.54, 1.807) is 6.07 Å². The number of quaternary nitrogens is 1. The van der Waals surface area contributed by atoms with Gasteiger partial charge in [0, 0.05) is 24.7 Å². The lowest BCUT2D eigenvalue weighted by Crippen LogP contribution is -2.96. The Labute approximate surface area is 172 Å². The smallest absolute Gasteiger partial charge is 0.573 e. The fraction of sp³-hybridized carbons (Fsp3) is 0.450. The normalized spacial score (nSPS) is 15.3. The minimum atomic E-state index is -4.79. The molecule has 3 rings (SSSR count). The van der Waals surface area contributed by atoms with E-state index in [0.717, 1.165) is 12.8 Å². The van der Waals surface area contributed by atoms with E-state index in [2.05, 4.69) is 20.4 Å². The first-order valence-corrected chi connectivity index (χ1v) is 9.84. The summed E-state index contributed by atoms with van der Waals surface area (Å²) in [6, 6.07) is 7.32. The zero-order valence-corrected chi connectivity index (χ0v) is 16.3. The molecule has 1 aromatic carbocycles. The number of pyridine rings is 1. The molecule has 0 unspecified atom stereocenters. The molecule has 7 nitrogen and oxygen atoms in total. The van der Waals surface area contributed by atoms with Crippen LogP contribution < -0.4 is 20.6 Å². The van der Waals surface area contributed by atoms with Gasteiger partial charge in [-0.15, -0.1) is 13.2 Å². The van der Waals surface area contributed by atoms with E-state index in [9.17, 15) is 23.6 Å². The van der Waals surface area contributed by atoms with Gasteiger partial charge in [-0.2, -0.15) is 0 Å². The van der Waals surface area contributed by atoms with Crippen LogP contribution in [0.5, 0.6) is 5.75 Å². The van der Waals surface area contributed by atoms with Gasteiger partial charge < -0.3 is 31.0 Å². The number of hydrogen-bond acceptors (Lipinski definition) is 6. The van der Waals surface area contributed by atoms with E-state index in [-0.39, 0.29) is 23.5 Å². The van der Waals surface area contributed by atoms with Crippen LogP contribution in [0.1, 0.15) is 37.7 Å². The van der Waals surface area contributed by atoms with E-state index >= 15 is 0 Å². The third-order valence-corrected chi connectivity index (χ3v) is 5.09. The average molecular weight is 425 g/mol. The highest BCUT2D eigenvalue weighted by Crippen LogP contribution is 2.28. The van der Waals surface area contributed by atoms with Gasteiger partial charge in [0.1, 0.15) is 17.3 Å². The van der Waals surface area contributed by atoms with Crippen LogP contribution in [0, 0.1) is 16.3 Å². The van der Waals surface area contributed by atoms with Gasteiger partial charge in [-0.05, 0) is 24.8 Å². The number of anilines is 2. The van der Waals surface area contributed by atoms with Gasteiger partial charge in [0.15, 0.2) is 5.69 Å². The van der Waals surface area contributed by atoms with Crippen molar-refractivity contribution < 1.29 is 23.1 Å². The van der Waals surface area contributed by atoms with E-state index in [1.165, 1.54) is 49.7 Å². The van der Waals surface area contributed by atoms with Crippen molar-refractivity contribution in [2.75, 3.05) is 17.2 Å². The second kappa shape index (κ2) is 9.96. The molecule has 0 saturated heterocycles. The second-order valence-electron chi connectivity index (χ2n) is 7.30. The van der Waals surface area contributed by atoms with Crippen molar-refractivity contribution in [3.8, 4) is 5.75 Å². The zero-order valence-electron chi connectivity index (χ0n) is 16.3. The van der Waals surface area contributed by atoms with Crippen LogP contribution in [0.15, 0.2) is 36.5 Å². The lowest BCUT2D eigenvalue weighted by Gasteiger charge is -2.28. The topological polar surface area (TPSA) is 96.7 Å². The minimum absolute atomic E-state index is 0.0198. The summed E-state index contributed by atoms with van der Waals surface area (Å²) in [5.41, 5.74) is 0.604. The summed E-state index contributed by atoms with van der Waals surface area (Å²) >= 11 is 0. The highest BCUT2D eigenvalue weighted by molar-refractivity contribution is 5.65. The van der Waals surface area contributed by atoms with Crippen molar-refractivity contribution in [2.24, 2.45) is 5.92 Å². The molecule has 0 spiro atoms. The molecule has 0 amide bonds. The summed E-state index contributed by atoms with van der Waals surface area (Å²) in [5.74, 6) is 0.497. The molecule has 1 fully saturated rings. The molecule has 10 heteroatoms. The van der Waals surface area contributed by atoms with Crippen LogP contribution in [-0.4, -0.2) is 17.9 Å². The summed E-state index contributed by atoms with van der Waals surface area (Å²) in [6.07, 6.45) is 2.15. The first-order valence-electron chi connectivity index (χ1n) is 9.84. The Morgan fingerprint density at radius 1 is 1.10 bits per heavy atom. The fourth-order valence-corrected chi connectivity index (χ4v) is 3.57. The van der Waals surface area contributed by atoms with E-state index < -0.39 is 11.6 Å². The van der Waals surface area contributed by atoms with Gasteiger partial charge in [-0.25, -0.2) is 4.98 Å². The van der Waals surface area contributed by atoms with E-state index in [4.69, 9.17) is 0 Å². The molecule has 164 valence electrons. The summed E-state index contributed by atoms with van der Waals surface area (Å²) in [7, 11) is 0. The molecule has 0 atom stereocenters. The molecule has 2 aromatic rings. The first kappa shape index (κ1) is 22.1. The van der Waals surface area contributed by atoms with Gasteiger partial charge >= 0.3 is 6.36 Å². The molecule has 0 bridgehead atoms. The maximum Gasteiger partial charge on any atom is 0.573 e. The van der Waals surface area contributed by atoms with Crippen molar-refractivity contribution in [1.29, 1.82) is 0 Å². The molecular weight excluding hydrogens is 401 g/mol. The molecule has 1 heterocycles. The molecule has 3 N–H and O–H groups in total. The van der Waals surface area contributed by atoms with Crippen LogP contribution in [0.25, 0.3) is 0 Å². The largest absolute Gasteiger partial charge is 0.628 e. The van der Waals surface area contributed by atoms with Crippen molar-refractivity contribution in [2.45, 2.75) is 45.0 Å². The molecule has 1 aromatic heterocycles. The molecule has 0 radical (unpaired) electrons. The van der Waals surface area contributed by atoms with E-state index in [0.29, 0.717) is 24.0 Å². The Morgan fingerprint density at radius 2 is 1.83 bits per heavy atom. The van der Waals surface area contributed by atoms with Crippen LogP contribution in [0.2, 0.25) is 0 Å². The number of benzene rings is 1. The summed E-state index contributed by atoms with van der Waals surface area (Å²) < 4.78 is 41.8. The molecule has 30 heavy (non-hydrogen) atoms. The number of nitrogens with zero attached hydrogens (tertiary/aromatic N) is 1. The number of rotatable bonds is 8. The molecule has 1 aliphatic carbocycles. The lowest BCUT2D eigenvalue weighted by molar-refractivity contribution is -0.714. The summed E-state index contributed by atoms with van der Waals surface area (Å²) in [4.78, 5) is 4.04. The molecule has 0 aliphatic heterocycles. The minimum Gasteiger partial charge on any atom is -0.628 e. The number of para-hydroxylation sites is 1. The molecule has 1 saturated carbocycles. The summed E-state index contributed by atoms with van der Waals surface area (Å²) in [6.45, 7) is 0.665. The number of hydrogen-bond donors (Lipinski definition) is 3. The van der Waals surface area contributed by atoms with Crippen molar-refractivity contribution in [3.63, 3.8) is 0 Å². The SMILES string of the molecule is [O-][NH+]([O-])c1cnc(NCc2ccccc2OC(F)(F)F)cc1NCC1CCCCC1. The first-order chi connectivity index (χ1) is 14.3. The van der Waals surface area contributed by atoms with Crippen molar-refractivity contribution >= 4 is 17.2 Å². The zero-order chi connectivity index (χ0) is 21.6. The average Bonchev–Trinajstić information content (AvgIpc) is 2.71. The third-order valence-electron chi connectivity index (χ3n) is 5.09. The Morgan fingerprint density at radius 3 is 2.53 bits per heavy atom. The van der Waals surface area contributed by atoms with Crippen LogP contribution >= 0.6 is 0 Å². The predicted octanol–water partition coefficient (Wildman–Crippen LogP) is 4.10. The standard InChI is InChI=1S/C20H24F3N4O3/c21-20(22,23)30-18-9-5-4-8-15(18)12-25-19-10-16(17(13-26-19)27(28)29)24-11-14-6-2-1-3-7-14/h4-5,8-10,13-14,27H,1-3,6-7,11-12H2,(H2,24,25,26)/q-1. The maximum absolute atomic E-state index is 12.6. The number of alkyl halides is 3. The van der Waals surface area contributed by atoms with Gasteiger partial charge in [-0.1, -0.05) is 37.5 Å². The Bertz CT molecular complexity index is 827. The highest BCUT2D eigenvalue weighted by Gasteiger charge is 2.31. The Balaban J connectivity index is 1.69. The Kier molecular flexibility index (Phi) is 7.35.